The van der Waals surface area contributed by atoms with E-state index in [2.05, 4.69) is 142 Å². The van der Waals surface area contributed by atoms with Crippen LogP contribution in [-0.4, -0.2) is 18.3 Å². The molecule has 0 amide bonds. The van der Waals surface area contributed by atoms with Crippen LogP contribution < -0.4 is 4.40 Å². The summed E-state index contributed by atoms with van der Waals surface area (Å²) in [5.41, 5.74) is 7.46. The van der Waals surface area contributed by atoms with Crippen molar-refractivity contribution in [3.8, 4) is 11.3 Å². The molecule has 3 aromatic carbocycles. The van der Waals surface area contributed by atoms with Gasteiger partial charge in [-0.05, 0) is 0 Å². The fourth-order valence-corrected chi connectivity index (χ4v) is 8.28. The zero-order chi connectivity index (χ0) is 24.6. The molecule has 0 N–H and O–H groups in total. The van der Waals surface area contributed by atoms with E-state index in [9.17, 15) is 0 Å². The van der Waals surface area contributed by atoms with Crippen LogP contribution >= 0.6 is 0 Å². The molecule has 0 saturated heterocycles. The van der Waals surface area contributed by atoms with Gasteiger partial charge in [0.2, 0.25) is 0 Å². The van der Waals surface area contributed by atoms with Crippen LogP contribution in [0.1, 0.15) is 49.9 Å². The van der Waals surface area contributed by atoms with Crippen molar-refractivity contribution in [2.45, 2.75) is 55.8 Å². The van der Waals surface area contributed by atoms with Crippen LogP contribution in [0, 0.1) is 0 Å². The molecule has 174 valence electrons. The standard InChI is InChI=1S/C32H37GeN/c1-31(2,25-16-10-8-11-17-25)27-20-14-15-24(21-27)30-22-28(29(23-34-30)33(5,6)7)32(3,4)26-18-12-9-13-19-26/h8-23H,1-7H3. The van der Waals surface area contributed by atoms with Gasteiger partial charge in [-0.2, -0.15) is 0 Å². The van der Waals surface area contributed by atoms with Gasteiger partial charge in [-0.25, -0.2) is 0 Å². The molecule has 0 spiro atoms. The van der Waals surface area contributed by atoms with Gasteiger partial charge >= 0.3 is 209 Å². The summed E-state index contributed by atoms with van der Waals surface area (Å²) in [6.07, 6.45) is 2.18. The molecule has 4 rings (SSSR count). The predicted molar refractivity (Wildman–Crippen MR) is 150 cm³/mol. The molecule has 4 aromatic rings. The van der Waals surface area contributed by atoms with Crippen molar-refractivity contribution in [2.75, 3.05) is 0 Å². The number of rotatable bonds is 6. The molecule has 0 aliphatic carbocycles. The number of hydrogen-bond donors (Lipinski definition) is 0. The molecular formula is C32H37GeN. The second-order valence-corrected chi connectivity index (χ2v) is 22.0. The van der Waals surface area contributed by atoms with E-state index < -0.39 is 13.3 Å². The molecule has 0 atom stereocenters. The Morgan fingerprint density at radius 1 is 0.588 bits per heavy atom. The van der Waals surface area contributed by atoms with Crippen LogP contribution in [0.2, 0.25) is 17.3 Å². The predicted octanol–water partition coefficient (Wildman–Crippen LogP) is 7.95. The Morgan fingerprint density at radius 2 is 1.12 bits per heavy atom. The van der Waals surface area contributed by atoms with Gasteiger partial charge in [0.1, 0.15) is 0 Å². The van der Waals surface area contributed by atoms with Gasteiger partial charge < -0.3 is 0 Å². The van der Waals surface area contributed by atoms with Gasteiger partial charge in [0.25, 0.3) is 0 Å². The van der Waals surface area contributed by atoms with Gasteiger partial charge in [-0.3, -0.25) is 0 Å². The fraction of sp³-hybridized carbons (Fsp3) is 0.281. The van der Waals surface area contributed by atoms with Crippen molar-refractivity contribution in [3.63, 3.8) is 0 Å². The van der Waals surface area contributed by atoms with E-state index in [1.165, 1.54) is 32.2 Å². The minimum atomic E-state index is -2.15. The maximum absolute atomic E-state index is 5.03. The zero-order valence-corrected chi connectivity index (χ0v) is 23.8. The molecule has 0 aliphatic heterocycles. The van der Waals surface area contributed by atoms with E-state index in [-0.39, 0.29) is 10.8 Å². The molecular weight excluding hydrogens is 471 g/mol. The maximum atomic E-state index is 5.03. The normalized spacial score (nSPS) is 12.6. The Hall–Kier alpha value is -2.65. The van der Waals surface area contributed by atoms with E-state index in [0.717, 1.165) is 5.69 Å². The monoisotopic (exact) mass is 509 g/mol. The summed E-state index contributed by atoms with van der Waals surface area (Å²) in [5.74, 6) is 7.39. The molecule has 2 heteroatoms. The summed E-state index contributed by atoms with van der Waals surface area (Å²) in [7, 11) is 0. The first kappa shape index (κ1) is 24.5. The Kier molecular flexibility index (Phi) is 6.61. The van der Waals surface area contributed by atoms with Crippen LogP contribution in [-0.2, 0) is 10.8 Å². The van der Waals surface area contributed by atoms with Crippen molar-refractivity contribution in [1.82, 2.24) is 4.98 Å². The molecule has 1 heterocycles. The van der Waals surface area contributed by atoms with Crippen LogP contribution in [0.4, 0.5) is 0 Å². The summed E-state index contributed by atoms with van der Waals surface area (Å²) in [5, 5.41) is 0. The molecule has 0 unspecified atom stereocenters. The molecule has 34 heavy (non-hydrogen) atoms. The average molecular weight is 508 g/mol. The Labute approximate surface area is 208 Å². The van der Waals surface area contributed by atoms with E-state index in [0.29, 0.717) is 0 Å². The first-order chi connectivity index (χ1) is 16.0. The minimum absolute atomic E-state index is 0.0793. The topological polar surface area (TPSA) is 12.9 Å². The summed E-state index contributed by atoms with van der Waals surface area (Å²) in [6, 6.07) is 33.0. The van der Waals surface area contributed by atoms with Gasteiger partial charge in [0.05, 0.1) is 0 Å². The first-order valence-corrected chi connectivity index (χ1v) is 19.6. The fourth-order valence-electron chi connectivity index (χ4n) is 4.83. The number of aromatic nitrogens is 1. The van der Waals surface area contributed by atoms with Gasteiger partial charge in [-0.1, -0.05) is 0 Å². The van der Waals surface area contributed by atoms with Gasteiger partial charge in [-0.15, -0.1) is 0 Å². The van der Waals surface area contributed by atoms with Crippen LogP contribution in [0.25, 0.3) is 11.3 Å². The number of hydrogen-bond acceptors (Lipinski definition) is 1. The molecule has 0 fully saturated rings. The first-order valence-electron chi connectivity index (χ1n) is 12.2. The summed E-state index contributed by atoms with van der Waals surface area (Å²) < 4.78 is 1.48. The number of pyridine rings is 1. The van der Waals surface area contributed by atoms with E-state index in [1.807, 2.05) is 0 Å². The van der Waals surface area contributed by atoms with Crippen molar-refractivity contribution in [3.05, 3.63) is 119 Å². The van der Waals surface area contributed by atoms with Gasteiger partial charge in [0, 0.05) is 0 Å². The summed E-state index contributed by atoms with van der Waals surface area (Å²) in [4.78, 5) is 5.03. The quantitative estimate of drug-likeness (QED) is 0.241. The number of nitrogens with zero attached hydrogens (tertiary/aromatic N) is 1. The van der Waals surface area contributed by atoms with Crippen molar-refractivity contribution < 1.29 is 0 Å². The van der Waals surface area contributed by atoms with Crippen LogP contribution in [0.15, 0.2) is 97.2 Å². The second-order valence-electron chi connectivity index (χ2n) is 11.4. The SMILES string of the molecule is CC(C)(c1ccccc1)c1cccc(-c2cc(C(C)(C)c3ccccc3)[c]([Ge]([CH3])([CH3])[CH3])cn2)c1. The summed E-state index contributed by atoms with van der Waals surface area (Å²) in [6.45, 7) is 9.31. The van der Waals surface area contributed by atoms with Crippen molar-refractivity contribution in [2.24, 2.45) is 0 Å². The van der Waals surface area contributed by atoms with E-state index in [1.54, 1.807) is 0 Å². The zero-order valence-electron chi connectivity index (χ0n) is 21.7. The Bertz CT molecular complexity index is 1270. The second kappa shape index (κ2) is 9.19. The van der Waals surface area contributed by atoms with E-state index in [4.69, 9.17) is 4.98 Å². The molecule has 0 bridgehead atoms. The van der Waals surface area contributed by atoms with Gasteiger partial charge in [0.15, 0.2) is 0 Å². The third-order valence-electron chi connectivity index (χ3n) is 7.26. The molecule has 1 aromatic heterocycles. The van der Waals surface area contributed by atoms with E-state index >= 15 is 0 Å². The van der Waals surface area contributed by atoms with Crippen molar-refractivity contribution >= 4 is 17.7 Å². The number of benzene rings is 3. The molecule has 0 radical (unpaired) electrons. The third kappa shape index (κ3) is 4.77. The Morgan fingerprint density at radius 3 is 1.68 bits per heavy atom. The van der Waals surface area contributed by atoms with Crippen LogP contribution in [0.5, 0.6) is 0 Å². The Balaban J connectivity index is 1.84. The van der Waals surface area contributed by atoms with Crippen LogP contribution in [0.3, 0.4) is 0 Å². The summed E-state index contributed by atoms with van der Waals surface area (Å²) >= 11 is -2.15. The molecule has 0 saturated carbocycles. The molecule has 0 aliphatic rings. The third-order valence-corrected chi connectivity index (χ3v) is 11.5. The molecule has 1 nitrogen and oxygen atoms in total. The van der Waals surface area contributed by atoms with Crippen molar-refractivity contribution in [1.29, 1.82) is 0 Å². The average Bonchev–Trinajstić information content (AvgIpc) is 2.84.